The minimum atomic E-state index is -0.332. The first-order chi connectivity index (χ1) is 13.5. The topological polar surface area (TPSA) is 105 Å². The van der Waals surface area contributed by atoms with E-state index in [-0.39, 0.29) is 11.8 Å². The molecule has 0 saturated heterocycles. The highest BCUT2D eigenvalue weighted by Crippen LogP contribution is 2.20. The fraction of sp³-hybridized carbons (Fsp3) is 0.100. The summed E-state index contributed by atoms with van der Waals surface area (Å²) in [7, 11) is 1.51. The van der Waals surface area contributed by atoms with Crippen LogP contribution in [0.1, 0.15) is 17.3 Å². The zero-order valence-corrected chi connectivity index (χ0v) is 15.4. The molecule has 0 aliphatic carbocycles. The van der Waals surface area contributed by atoms with Crippen molar-refractivity contribution in [2.45, 2.75) is 6.92 Å². The first kappa shape index (κ1) is 18.8. The molecule has 3 aromatic rings. The molecule has 8 nitrogen and oxygen atoms in total. The lowest BCUT2D eigenvalue weighted by molar-refractivity contribution is -0.114. The number of hydrogen-bond donors (Lipinski definition) is 3. The molecule has 0 saturated carbocycles. The summed E-state index contributed by atoms with van der Waals surface area (Å²) in [5.41, 5.74) is 1.90. The van der Waals surface area contributed by atoms with Gasteiger partial charge in [0.2, 0.25) is 5.91 Å². The maximum Gasteiger partial charge on any atom is 0.260 e. The van der Waals surface area contributed by atoms with Crippen LogP contribution in [-0.2, 0) is 4.79 Å². The molecule has 2 aromatic carbocycles. The lowest BCUT2D eigenvalue weighted by atomic mass is 10.2. The van der Waals surface area contributed by atoms with Gasteiger partial charge in [0.1, 0.15) is 5.75 Å². The summed E-state index contributed by atoms with van der Waals surface area (Å²) in [4.78, 5) is 23.4. The van der Waals surface area contributed by atoms with E-state index in [0.29, 0.717) is 28.6 Å². The largest absolute Gasteiger partial charge is 0.496 e. The average molecular weight is 377 g/mol. The molecule has 28 heavy (non-hydrogen) atoms. The molecule has 2 amide bonds. The van der Waals surface area contributed by atoms with Gasteiger partial charge in [-0.3, -0.25) is 9.59 Å². The maximum absolute atomic E-state index is 12.4. The third kappa shape index (κ3) is 4.82. The van der Waals surface area contributed by atoms with Gasteiger partial charge in [-0.2, -0.15) is 0 Å². The van der Waals surface area contributed by atoms with Gasteiger partial charge in [-0.15, -0.1) is 10.2 Å². The Morgan fingerprint density at radius 2 is 1.46 bits per heavy atom. The van der Waals surface area contributed by atoms with Crippen LogP contribution in [0.2, 0.25) is 0 Å². The number of rotatable bonds is 6. The average Bonchev–Trinajstić information content (AvgIpc) is 2.70. The van der Waals surface area contributed by atoms with E-state index in [1.807, 2.05) is 12.1 Å². The number of ether oxygens (including phenoxy) is 1. The number of carbonyl (C=O) groups is 2. The molecule has 1 heterocycles. The van der Waals surface area contributed by atoms with Crippen LogP contribution in [0.5, 0.6) is 5.75 Å². The summed E-state index contributed by atoms with van der Waals surface area (Å²) in [5.74, 6) is 0.859. The number of methoxy groups -OCH3 is 1. The minimum Gasteiger partial charge on any atom is -0.496 e. The predicted octanol–water partition coefficient (Wildman–Crippen LogP) is 3.44. The molecule has 0 aliphatic rings. The zero-order chi connectivity index (χ0) is 19.9. The molecule has 0 bridgehead atoms. The van der Waals surface area contributed by atoms with Crippen molar-refractivity contribution in [3.8, 4) is 5.75 Å². The molecule has 142 valence electrons. The summed E-state index contributed by atoms with van der Waals surface area (Å²) in [5, 5.41) is 16.6. The highest BCUT2D eigenvalue weighted by molar-refractivity contribution is 6.05. The molecule has 3 rings (SSSR count). The number of carbonyl (C=O) groups excluding carboxylic acids is 2. The second-order valence-corrected chi connectivity index (χ2v) is 5.84. The molecule has 8 heteroatoms. The van der Waals surface area contributed by atoms with Crippen molar-refractivity contribution in [1.82, 2.24) is 10.2 Å². The third-order valence-corrected chi connectivity index (χ3v) is 3.74. The lowest BCUT2D eigenvalue weighted by Gasteiger charge is -2.09. The SMILES string of the molecule is COc1ccccc1C(=O)Nc1ccc(Nc2ccc(NC(C)=O)cc2)nn1. The number of benzene rings is 2. The molecule has 0 radical (unpaired) electrons. The predicted molar refractivity (Wildman–Crippen MR) is 107 cm³/mol. The smallest absolute Gasteiger partial charge is 0.260 e. The van der Waals surface area contributed by atoms with Crippen LogP contribution in [-0.4, -0.2) is 29.1 Å². The number of nitrogens with one attached hydrogen (secondary N) is 3. The van der Waals surface area contributed by atoms with Gasteiger partial charge in [0.25, 0.3) is 5.91 Å². The van der Waals surface area contributed by atoms with Gasteiger partial charge >= 0.3 is 0 Å². The van der Waals surface area contributed by atoms with Gasteiger partial charge in [-0.25, -0.2) is 0 Å². The van der Waals surface area contributed by atoms with Crippen molar-refractivity contribution in [1.29, 1.82) is 0 Å². The lowest BCUT2D eigenvalue weighted by Crippen LogP contribution is -2.14. The summed E-state index contributed by atoms with van der Waals surface area (Å²) in [6, 6.07) is 17.5. The van der Waals surface area contributed by atoms with E-state index in [1.165, 1.54) is 14.0 Å². The first-order valence-electron chi connectivity index (χ1n) is 8.48. The van der Waals surface area contributed by atoms with E-state index >= 15 is 0 Å². The van der Waals surface area contributed by atoms with Crippen LogP contribution in [0.15, 0.2) is 60.7 Å². The van der Waals surface area contributed by atoms with Crippen molar-refractivity contribution in [2.24, 2.45) is 0 Å². The second kappa shape index (κ2) is 8.63. The van der Waals surface area contributed by atoms with E-state index in [9.17, 15) is 9.59 Å². The van der Waals surface area contributed by atoms with E-state index in [0.717, 1.165) is 5.69 Å². The summed E-state index contributed by atoms with van der Waals surface area (Å²) in [6.07, 6.45) is 0. The van der Waals surface area contributed by atoms with Crippen LogP contribution in [0.25, 0.3) is 0 Å². The van der Waals surface area contributed by atoms with Crippen LogP contribution < -0.4 is 20.7 Å². The van der Waals surface area contributed by atoms with Gasteiger partial charge in [-0.05, 0) is 48.5 Å². The second-order valence-electron chi connectivity index (χ2n) is 5.84. The van der Waals surface area contributed by atoms with Crippen molar-refractivity contribution in [2.75, 3.05) is 23.1 Å². The molecular formula is C20H19N5O3. The van der Waals surface area contributed by atoms with Crippen LogP contribution in [0.4, 0.5) is 23.0 Å². The van der Waals surface area contributed by atoms with Gasteiger partial charge in [0, 0.05) is 18.3 Å². The molecule has 3 N–H and O–H groups in total. The van der Waals surface area contributed by atoms with Crippen molar-refractivity contribution >= 4 is 34.8 Å². The van der Waals surface area contributed by atoms with Crippen molar-refractivity contribution in [3.05, 3.63) is 66.2 Å². The van der Waals surface area contributed by atoms with E-state index < -0.39 is 0 Å². The highest BCUT2D eigenvalue weighted by atomic mass is 16.5. The van der Waals surface area contributed by atoms with Crippen LogP contribution in [0.3, 0.4) is 0 Å². The Hall–Kier alpha value is -3.94. The van der Waals surface area contributed by atoms with Gasteiger partial charge < -0.3 is 20.7 Å². The third-order valence-electron chi connectivity index (χ3n) is 3.74. The number of nitrogens with zero attached hydrogens (tertiary/aromatic N) is 2. The Bertz CT molecular complexity index is 972. The van der Waals surface area contributed by atoms with Gasteiger partial charge in [0.05, 0.1) is 12.7 Å². The summed E-state index contributed by atoms with van der Waals surface area (Å²) < 4.78 is 5.19. The highest BCUT2D eigenvalue weighted by Gasteiger charge is 2.12. The molecule has 1 aromatic heterocycles. The standard InChI is InChI=1S/C20H19N5O3/c1-13(26)21-14-7-9-15(10-8-14)22-18-11-12-19(25-24-18)23-20(27)16-5-3-4-6-17(16)28-2/h3-12H,1-2H3,(H,21,26)(H,22,24)(H,23,25,27). The normalized spacial score (nSPS) is 10.1. The number of hydrogen-bond acceptors (Lipinski definition) is 6. The van der Waals surface area contributed by atoms with Crippen molar-refractivity contribution < 1.29 is 14.3 Å². The monoisotopic (exact) mass is 377 g/mol. The quantitative estimate of drug-likeness (QED) is 0.608. The summed E-state index contributed by atoms with van der Waals surface area (Å²) in [6.45, 7) is 1.45. The number of anilines is 4. The summed E-state index contributed by atoms with van der Waals surface area (Å²) >= 11 is 0. The van der Waals surface area contributed by atoms with E-state index in [4.69, 9.17) is 4.74 Å². The Morgan fingerprint density at radius 3 is 2.11 bits per heavy atom. The van der Waals surface area contributed by atoms with E-state index in [1.54, 1.807) is 48.5 Å². The number of para-hydroxylation sites is 1. The molecule has 0 fully saturated rings. The van der Waals surface area contributed by atoms with Crippen molar-refractivity contribution in [3.63, 3.8) is 0 Å². The maximum atomic E-state index is 12.4. The van der Waals surface area contributed by atoms with Gasteiger partial charge in [-0.1, -0.05) is 12.1 Å². The molecule has 0 atom stereocenters. The van der Waals surface area contributed by atoms with Crippen LogP contribution >= 0.6 is 0 Å². The van der Waals surface area contributed by atoms with E-state index in [2.05, 4.69) is 26.1 Å². The Morgan fingerprint density at radius 1 is 0.821 bits per heavy atom. The van der Waals surface area contributed by atoms with Gasteiger partial charge in [0.15, 0.2) is 11.6 Å². The fourth-order valence-corrected chi connectivity index (χ4v) is 2.47. The molecule has 0 aliphatic heterocycles. The fourth-order valence-electron chi connectivity index (χ4n) is 2.47. The molecule has 0 unspecified atom stereocenters. The Balaban J connectivity index is 1.63. The first-order valence-corrected chi connectivity index (χ1v) is 8.48. The molecular weight excluding hydrogens is 358 g/mol. The number of aromatic nitrogens is 2. The Labute approximate surface area is 161 Å². The molecule has 0 spiro atoms. The zero-order valence-electron chi connectivity index (χ0n) is 15.4. The Kier molecular flexibility index (Phi) is 5.81. The van der Waals surface area contributed by atoms with Crippen LogP contribution in [0, 0.1) is 0 Å². The minimum absolute atomic E-state index is 0.127. The number of amides is 2.